The molecule has 0 aliphatic carbocycles. The number of Topliss-reactive ketones (excluding diaryl/α,β-unsaturated/α-hetero) is 2. The number of nitrogens with one attached hydrogen (secondary N) is 1. The molecular formula is C32H29N3O5. The molecule has 1 fully saturated rings. The lowest BCUT2D eigenvalue weighted by Crippen LogP contribution is -2.51. The molecule has 3 heterocycles. The first kappa shape index (κ1) is 25.7. The Balaban J connectivity index is 1.68. The number of hydrogen-bond acceptors (Lipinski definition) is 6. The molecule has 1 amide bonds. The molecule has 3 aromatic rings. The Morgan fingerprint density at radius 2 is 1.77 bits per heavy atom. The van der Waals surface area contributed by atoms with Gasteiger partial charge in [-0.05, 0) is 36.2 Å². The molecule has 40 heavy (non-hydrogen) atoms. The van der Waals surface area contributed by atoms with Gasteiger partial charge in [-0.1, -0.05) is 74.9 Å². The Morgan fingerprint density at radius 3 is 2.50 bits per heavy atom. The largest absolute Gasteiger partial charge is 0.352 e. The number of hydrogen-bond donors (Lipinski definition) is 1. The number of nitro benzene ring substituents is 1. The molecule has 202 valence electrons. The van der Waals surface area contributed by atoms with E-state index in [9.17, 15) is 24.5 Å². The van der Waals surface area contributed by atoms with Crippen LogP contribution < -0.4 is 10.2 Å². The molecule has 1 saturated heterocycles. The van der Waals surface area contributed by atoms with Crippen LogP contribution in [0.15, 0.2) is 72.8 Å². The molecule has 0 radical (unpaired) electrons. The van der Waals surface area contributed by atoms with Gasteiger partial charge >= 0.3 is 0 Å². The van der Waals surface area contributed by atoms with Gasteiger partial charge in [0.2, 0.25) is 5.91 Å². The normalized spacial score (nSPS) is 24.4. The second kappa shape index (κ2) is 8.71. The van der Waals surface area contributed by atoms with Crippen molar-refractivity contribution in [1.82, 2.24) is 0 Å². The van der Waals surface area contributed by atoms with Crippen LogP contribution in [0.3, 0.4) is 0 Å². The molecule has 3 aliphatic rings. The highest BCUT2D eigenvalue weighted by atomic mass is 16.6. The fraction of sp³-hybridized carbons (Fsp3) is 0.281. The van der Waals surface area contributed by atoms with Crippen molar-refractivity contribution < 1.29 is 19.3 Å². The predicted octanol–water partition coefficient (Wildman–Crippen LogP) is 5.49. The van der Waals surface area contributed by atoms with Gasteiger partial charge in [0.1, 0.15) is 11.5 Å². The number of benzene rings is 3. The second-order valence-electron chi connectivity index (χ2n) is 11.9. The first-order valence-corrected chi connectivity index (χ1v) is 13.3. The lowest BCUT2D eigenvalue weighted by atomic mass is 9.63. The summed E-state index contributed by atoms with van der Waals surface area (Å²) in [7, 11) is 0. The lowest BCUT2D eigenvalue weighted by Gasteiger charge is -2.38. The summed E-state index contributed by atoms with van der Waals surface area (Å²) in [6.07, 6.45) is 3.88. The van der Waals surface area contributed by atoms with E-state index in [-0.39, 0.29) is 22.9 Å². The van der Waals surface area contributed by atoms with Gasteiger partial charge in [0.05, 0.1) is 16.9 Å². The number of para-hydroxylation sites is 1. The fourth-order valence-corrected chi connectivity index (χ4v) is 6.69. The van der Waals surface area contributed by atoms with Crippen LogP contribution in [0.1, 0.15) is 47.8 Å². The van der Waals surface area contributed by atoms with Crippen LogP contribution in [0.5, 0.6) is 0 Å². The Kier molecular flexibility index (Phi) is 5.59. The van der Waals surface area contributed by atoms with Crippen LogP contribution in [0.2, 0.25) is 0 Å². The molecule has 4 atom stereocenters. The molecule has 6 rings (SSSR count). The summed E-state index contributed by atoms with van der Waals surface area (Å²) < 4.78 is 0. The highest BCUT2D eigenvalue weighted by molar-refractivity contribution is 6.17. The standard InChI is InChI=1S/C32H29N3O5/c1-18-12-14-24-19(16-18)13-15-25-32(22-10-5-6-11-23(22)33-30(32)38)26(27(34(24)25)29(37)31(2,3)4)28(36)20-8-7-9-21(17-20)35(39)40/h5-17,25-27H,1-4H3,(H,33,38)/t25-,26+,27-,32+/m0/s1. The molecule has 0 bridgehead atoms. The summed E-state index contributed by atoms with van der Waals surface area (Å²) in [5.41, 5.74) is 1.52. The maximum absolute atomic E-state index is 14.7. The smallest absolute Gasteiger partial charge is 0.270 e. The van der Waals surface area contributed by atoms with Gasteiger partial charge in [-0.15, -0.1) is 0 Å². The van der Waals surface area contributed by atoms with Crippen molar-refractivity contribution in [2.45, 2.75) is 45.2 Å². The summed E-state index contributed by atoms with van der Waals surface area (Å²) in [6.45, 7) is 7.41. The Morgan fingerprint density at radius 1 is 1.02 bits per heavy atom. The summed E-state index contributed by atoms with van der Waals surface area (Å²) in [4.78, 5) is 56.4. The first-order chi connectivity index (χ1) is 19.0. The molecule has 0 unspecified atom stereocenters. The zero-order chi connectivity index (χ0) is 28.6. The maximum atomic E-state index is 14.7. The number of ketones is 2. The van der Waals surface area contributed by atoms with Crippen molar-refractivity contribution >= 4 is 40.6 Å². The van der Waals surface area contributed by atoms with Crippen LogP contribution in [0.4, 0.5) is 17.1 Å². The third-order valence-corrected chi connectivity index (χ3v) is 8.42. The highest BCUT2D eigenvalue weighted by Crippen LogP contribution is 2.58. The van der Waals surface area contributed by atoms with Gasteiger partial charge in [-0.25, -0.2) is 0 Å². The van der Waals surface area contributed by atoms with Crippen molar-refractivity contribution in [2.75, 3.05) is 10.2 Å². The van der Waals surface area contributed by atoms with Crippen molar-refractivity contribution in [1.29, 1.82) is 0 Å². The molecule has 8 heteroatoms. The number of fused-ring (bicyclic) bond motifs is 6. The topological polar surface area (TPSA) is 110 Å². The SMILES string of the molecule is Cc1ccc2c(c1)C=C[C@@H]1N2[C@H](C(=O)C(C)(C)C)[C@H](C(=O)c2cccc([N+](=O)[O-])c2)[C@]12C(=O)Nc1ccccc12. The second-order valence-corrected chi connectivity index (χ2v) is 11.9. The predicted molar refractivity (Wildman–Crippen MR) is 152 cm³/mol. The van der Waals surface area contributed by atoms with Crippen LogP contribution in [-0.4, -0.2) is 34.5 Å². The minimum Gasteiger partial charge on any atom is -0.352 e. The molecule has 1 spiro atoms. The van der Waals surface area contributed by atoms with Gasteiger partial charge in [0.15, 0.2) is 11.6 Å². The summed E-state index contributed by atoms with van der Waals surface area (Å²) in [5, 5.41) is 14.6. The maximum Gasteiger partial charge on any atom is 0.270 e. The number of carbonyl (C=O) groups excluding carboxylic acids is 3. The zero-order valence-corrected chi connectivity index (χ0v) is 22.7. The van der Waals surface area contributed by atoms with E-state index in [1.165, 1.54) is 24.3 Å². The third-order valence-electron chi connectivity index (χ3n) is 8.42. The minimum absolute atomic E-state index is 0.0930. The number of amides is 1. The number of rotatable bonds is 4. The molecule has 0 saturated carbocycles. The fourth-order valence-electron chi connectivity index (χ4n) is 6.69. The van der Waals surface area contributed by atoms with Crippen molar-refractivity contribution in [3.63, 3.8) is 0 Å². The summed E-state index contributed by atoms with van der Waals surface area (Å²) in [5.74, 6) is -2.17. The van der Waals surface area contributed by atoms with Crippen molar-refractivity contribution in [3.8, 4) is 0 Å². The number of nitrogens with zero attached hydrogens (tertiary/aromatic N) is 2. The van der Waals surface area contributed by atoms with Crippen LogP contribution >= 0.6 is 0 Å². The van der Waals surface area contributed by atoms with Crippen molar-refractivity contribution in [3.05, 3.63) is 105 Å². The highest BCUT2D eigenvalue weighted by Gasteiger charge is 2.70. The van der Waals surface area contributed by atoms with Gasteiger partial charge in [-0.2, -0.15) is 0 Å². The molecular weight excluding hydrogens is 506 g/mol. The van der Waals surface area contributed by atoms with E-state index in [2.05, 4.69) is 5.32 Å². The summed E-state index contributed by atoms with van der Waals surface area (Å²) in [6, 6.07) is 17.1. The molecule has 1 N–H and O–H groups in total. The number of aryl methyl sites for hydroxylation is 1. The quantitative estimate of drug-likeness (QED) is 0.269. The van der Waals surface area contributed by atoms with E-state index >= 15 is 0 Å². The average Bonchev–Trinajstić information content (AvgIpc) is 3.39. The van der Waals surface area contributed by atoms with Gasteiger partial charge < -0.3 is 10.2 Å². The third kappa shape index (κ3) is 3.48. The average molecular weight is 536 g/mol. The van der Waals surface area contributed by atoms with Crippen LogP contribution in [0, 0.1) is 28.4 Å². The van der Waals surface area contributed by atoms with Crippen LogP contribution in [0.25, 0.3) is 6.08 Å². The summed E-state index contributed by atoms with van der Waals surface area (Å²) >= 11 is 0. The Bertz CT molecular complexity index is 1650. The Hall–Kier alpha value is -4.59. The van der Waals surface area contributed by atoms with Crippen LogP contribution in [-0.2, 0) is 15.0 Å². The van der Waals surface area contributed by atoms with Gasteiger partial charge in [0, 0.05) is 34.5 Å². The first-order valence-electron chi connectivity index (χ1n) is 13.3. The molecule has 3 aromatic carbocycles. The van der Waals surface area contributed by atoms with E-state index in [0.717, 1.165) is 16.8 Å². The number of anilines is 2. The van der Waals surface area contributed by atoms with Gasteiger partial charge in [0.25, 0.3) is 5.69 Å². The number of nitro groups is 1. The minimum atomic E-state index is -1.44. The van der Waals surface area contributed by atoms with E-state index in [1.54, 1.807) is 6.07 Å². The van der Waals surface area contributed by atoms with E-state index in [1.807, 2.05) is 81.1 Å². The Labute approximate surface area is 231 Å². The monoisotopic (exact) mass is 535 g/mol. The number of carbonyl (C=O) groups is 3. The molecule has 0 aromatic heterocycles. The van der Waals surface area contributed by atoms with E-state index in [4.69, 9.17) is 0 Å². The van der Waals surface area contributed by atoms with Gasteiger partial charge in [-0.3, -0.25) is 24.5 Å². The number of non-ortho nitro benzene ring substituents is 1. The molecule has 3 aliphatic heterocycles. The van der Waals surface area contributed by atoms with Crippen molar-refractivity contribution in [2.24, 2.45) is 11.3 Å². The van der Waals surface area contributed by atoms with E-state index in [0.29, 0.717) is 11.3 Å². The van der Waals surface area contributed by atoms with E-state index < -0.39 is 39.5 Å². The zero-order valence-electron chi connectivity index (χ0n) is 22.7. The molecule has 8 nitrogen and oxygen atoms in total. The lowest BCUT2D eigenvalue weighted by molar-refractivity contribution is -0.384.